The predicted octanol–water partition coefficient (Wildman–Crippen LogP) is 4.89. The van der Waals surface area contributed by atoms with Crippen LogP contribution in [-0.2, 0) is 20.0 Å². The molecule has 0 aliphatic carbocycles. The zero-order valence-electron chi connectivity index (χ0n) is 19.2. The summed E-state index contributed by atoms with van der Waals surface area (Å²) in [7, 11) is 1.90. The van der Waals surface area contributed by atoms with Crippen LogP contribution in [0.3, 0.4) is 0 Å². The SMILES string of the molecule is Cc1cccc(C)c1Nc1nn(C)c2nc(Nc3ccc4c(c3)CNC(C)(C)C4)ncc12. The third-order valence-electron chi connectivity index (χ3n) is 6.16. The van der Waals surface area contributed by atoms with Crippen LogP contribution >= 0.6 is 0 Å². The molecule has 7 nitrogen and oxygen atoms in total. The molecule has 2 aromatic carbocycles. The molecule has 0 fully saturated rings. The summed E-state index contributed by atoms with van der Waals surface area (Å²) >= 11 is 0. The topological polar surface area (TPSA) is 79.7 Å². The fourth-order valence-corrected chi connectivity index (χ4v) is 4.36. The zero-order chi connectivity index (χ0) is 22.5. The van der Waals surface area contributed by atoms with E-state index in [1.165, 1.54) is 22.3 Å². The molecule has 0 unspecified atom stereocenters. The van der Waals surface area contributed by atoms with Gasteiger partial charge in [0.05, 0.1) is 5.39 Å². The summed E-state index contributed by atoms with van der Waals surface area (Å²) in [5, 5.41) is 16.0. The second-order valence-corrected chi connectivity index (χ2v) is 9.32. The molecular formula is C25H29N7. The Bertz CT molecular complexity index is 1300. The summed E-state index contributed by atoms with van der Waals surface area (Å²) in [6.45, 7) is 9.53. The molecule has 164 valence electrons. The molecule has 5 rings (SSSR count). The summed E-state index contributed by atoms with van der Waals surface area (Å²) in [6.07, 6.45) is 2.85. The quantitative estimate of drug-likeness (QED) is 0.430. The minimum atomic E-state index is 0.137. The van der Waals surface area contributed by atoms with Gasteiger partial charge in [0, 0.05) is 36.7 Å². The van der Waals surface area contributed by atoms with E-state index < -0.39 is 0 Å². The van der Waals surface area contributed by atoms with Gasteiger partial charge in [-0.1, -0.05) is 24.3 Å². The Morgan fingerprint density at radius 1 is 1.03 bits per heavy atom. The van der Waals surface area contributed by atoms with E-state index >= 15 is 0 Å². The van der Waals surface area contributed by atoms with Crippen LogP contribution in [0.4, 0.5) is 23.1 Å². The van der Waals surface area contributed by atoms with Crippen molar-refractivity contribution in [1.29, 1.82) is 0 Å². The highest BCUT2D eigenvalue weighted by molar-refractivity contribution is 5.90. The Labute approximate surface area is 188 Å². The van der Waals surface area contributed by atoms with Crippen molar-refractivity contribution in [2.24, 2.45) is 7.05 Å². The second kappa shape index (κ2) is 7.60. The number of fused-ring (bicyclic) bond motifs is 2. The molecule has 2 aromatic heterocycles. The average molecular weight is 428 g/mol. The van der Waals surface area contributed by atoms with Crippen LogP contribution in [0.15, 0.2) is 42.6 Å². The Morgan fingerprint density at radius 3 is 2.59 bits per heavy atom. The monoisotopic (exact) mass is 427 g/mol. The van der Waals surface area contributed by atoms with Crippen molar-refractivity contribution in [3.63, 3.8) is 0 Å². The van der Waals surface area contributed by atoms with Crippen molar-refractivity contribution in [2.45, 2.75) is 46.2 Å². The first-order valence-corrected chi connectivity index (χ1v) is 11.0. The summed E-state index contributed by atoms with van der Waals surface area (Å²) in [5.74, 6) is 1.32. The Hall–Kier alpha value is -3.45. The van der Waals surface area contributed by atoms with Crippen molar-refractivity contribution in [1.82, 2.24) is 25.1 Å². The van der Waals surface area contributed by atoms with Gasteiger partial charge >= 0.3 is 0 Å². The lowest BCUT2D eigenvalue weighted by molar-refractivity contribution is 0.363. The fraction of sp³-hybridized carbons (Fsp3) is 0.320. The van der Waals surface area contributed by atoms with E-state index in [0.29, 0.717) is 5.95 Å². The second-order valence-electron chi connectivity index (χ2n) is 9.32. The van der Waals surface area contributed by atoms with Gasteiger partial charge in [-0.15, -0.1) is 0 Å². The molecule has 1 aliphatic rings. The van der Waals surface area contributed by atoms with Gasteiger partial charge in [-0.05, 0) is 68.5 Å². The molecule has 3 N–H and O–H groups in total. The van der Waals surface area contributed by atoms with Gasteiger partial charge in [0.15, 0.2) is 11.5 Å². The molecule has 32 heavy (non-hydrogen) atoms. The summed E-state index contributed by atoms with van der Waals surface area (Å²) in [5.41, 5.74) is 8.03. The zero-order valence-corrected chi connectivity index (χ0v) is 19.2. The van der Waals surface area contributed by atoms with Crippen molar-refractivity contribution >= 4 is 34.2 Å². The van der Waals surface area contributed by atoms with Gasteiger partial charge in [0.25, 0.3) is 0 Å². The Kier molecular flexibility index (Phi) is 4.86. The van der Waals surface area contributed by atoms with E-state index in [-0.39, 0.29) is 5.54 Å². The number of aromatic nitrogens is 4. The molecule has 7 heteroatoms. The van der Waals surface area contributed by atoms with Gasteiger partial charge in [-0.25, -0.2) is 9.67 Å². The van der Waals surface area contributed by atoms with Gasteiger partial charge in [-0.3, -0.25) is 0 Å². The average Bonchev–Trinajstić information content (AvgIpc) is 3.05. The van der Waals surface area contributed by atoms with Crippen LogP contribution < -0.4 is 16.0 Å². The van der Waals surface area contributed by atoms with Crippen LogP contribution in [0.2, 0.25) is 0 Å². The third kappa shape index (κ3) is 3.80. The van der Waals surface area contributed by atoms with E-state index in [9.17, 15) is 0 Å². The molecule has 0 saturated carbocycles. The van der Waals surface area contributed by atoms with Crippen LogP contribution in [0, 0.1) is 13.8 Å². The number of hydrogen-bond acceptors (Lipinski definition) is 6. The van der Waals surface area contributed by atoms with E-state index in [2.05, 4.69) is 90.1 Å². The lowest BCUT2D eigenvalue weighted by Crippen LogP contribution is -2.44. The normalized spacial score (nSPS) is 14.9. The van der Waals surface area contributed by atoms with Crippen LogP contribution in [0.5, 0.6) is 0 Å². The first kappa shape index (κ1) is 20.5. The molecule has 0 saturated heterocycles. The number of nitrogens with zero attached hydrogens (tertiary/aromatic N) is 4. The predicted molar refractivity (Wildman–Crippen MR) is 130 cm³/mol. The van der Waals surface area contributed by atoms with Crippen molar-refractivity contribution in [2.75, 3.05) is 10.6 Å². The van der Waals surface area contributed by atoms with E-state index in [1.54, 1.807) is 4.68 Å². The van der Waals surface area contributed by atoms with Crippen molar-refractivity contribution in [3.05, 3.63) is 64.8 Å². The van der Waals surface area contributed by atoms with Crippen LogP contribution in [-0.4, -0.2) is 25.3 Å². The van der Waals surface area contributed by atoms with Gasteiger partial charge in [-0.2, -0.15) is 10.1 Å². The largest absolute Gasteiger partial charge is 0.338 e. The number of anilines is 4. The van der Waals surface area contributed by atoms with E-state index in [1.807, 2.05) is 13.2 Å². The maximum Gasteiger partial charge on any atom is 0.229 e. The molecule has 0 radical (unpaired) electrons. The van der Waals surface area contributed by atoms with Gasteiger partial charge < -0.3 is 16.0 Å². The Morgan fingerprint density at radius 2 is 1.81 bits per heavy atom. The lowest BCUT2D eigenvalue weighted by Gasteiger charge is -2.33. The number of nitrogens with one attached hydrogen (secondary N) is 3. The highest BCUT2D eigenvalue weighted by Crippen LogP contribution is 2.30. The summed E-state index contributed by atoms with van der Waals surface area (Å²) < 4.78 is 1.79. The molecule has 0 bridgehead atoms. The molecule has 0 spiro atoms. The molecular weight excluding hydrogens is 398 g/mol. The minimum absolute atomic E-state index is 0.137. The first-order valence-electron chi connectivity index (χ1n) is 11.0. The smallest absolute Gasteiger partial charge is 0.229 e. The number of aryl methyl sites for hydroxylation is 3. The van der Waals surface area contributed by atoms with E-state index in [4.69, 9.17) is 4.98 Å². The number of hydrogen-bond donors (Lipinski definition) is 3. The third-order valence-corrected chi connectivity index (χ3v) is 6.16. The van der Waals surface area contributed by atoms with Crippen LogP contribution in [0.25, 0.3) is 11.0 Å². The summed E-state index contributed by atoms with van der Waals surface area (Å²) in [4.78, 5) is 9.30. The molecule has 0 amide bonds. The first-order chi connectivity index (χ1) is 15.3. The van der Waals surface area contributed by atoms with Gasteiger partial charge in [0.2, 0.25) is 5.95 Å². The minimum Gasteiger partial charge on any atom is -0.338 e. The standard InChI is InChI=1S/C25H29N7/c1-15-7-6-8-16(2)21(15)29-22-20-14-26-24(30-23(20)32(5)31-22)28-19-10-9-17-12-25(3,4)27-13-18(17)11-19/h6-11,14,27H,12-13H2,1-5H3,(H,29,31)(H,26,28,30). The molecule has 3 heterocycles. The van der Waals surface area contributed by atoms with Gasteiger partial charge in [0.1, 0.15) is 0 Å². The highest BCUT2D eigenvalue weighted by atomic mass is 15.3. The lowest BCUT2D eigenvalue weighted by atomic mass is 9.87. The fourth-order valence-electron chi connectivity index (χ4n) is 4.36. The van der Waals surface area contributed by atoms with Crippen molar-refractivity contribution in [3.8, 4) is 0 Å². The van der Waals surface area contributed by atoms with Crippen molar-refractivity contribution < 1.29 is 0 Å². The molecule has 1 aliphatic heterocycles. The van der Waals surface area contributed by atoms with E-state index in [0.717, 1.165) is 41.2 Å². The Balaban J connectivity index is 1.42. The number of rotatable bonds is 4. The number of para-hydroxylation sites is 1. The molecule has 0 atom stereocenters. The van der Waals surface area contributed by atoms with Crippen LogP contribution in [0.1, 0.15) is 36.1 Å². The maximum atomic E-state index is 4.73. The maximum absolute atomic E-state index is 4.73. The highest BCUT2D eigenvalue weighted by Gasteiger charge is 2.24. The number of benzene rings is 2. The molecule has 4 aromatic rings. The summed E-state index contributed by atoms with van der Waals surface area (Å²) in [6, 6.07) is 12.7.